The quantitative estimate of drug-likeness (QED) is 0.526. The lowest BCUT2D eigenvalue weighted by molar-refractivity contribution is -0.193. The maximum Gasteiger partial charge on any atom is 0.490 e. The van der Waals surface area contributed by atoms with Gasteiger partial charge in [0, 0.05) is 10.9 Å². The van der Waals surface area contributed by atoms with Crippen molar-refractivity contribution in [3.63, 3.8) is 0 Å². The lowest BCUT2D eigenvalue weighted by Gasteiger charge is -2.12. The minimum Gasteiger partial charge on any atom is -0.481 e. The van der Waals surface area contributed by atoms with Crippen molar-refractivity contribution in [3.8, 4) is 0 Å². The van der Waals surface area contributed by atoms with E-state index in [-0.39, 0.29) is 12.3 Å². The summed E-state index contributed by atoms with van der Waals surface area (Å²) < 4.78 is 63.5. The fraction of sp³-hybridized carbons (Fsp3) is 0.357. The number of alkyl halides is 6. The number of hydrogen-bond donors (Lipinski definition) is 4. The molecule has 0 heterocycles. The Balaban J connectivity index is 0. The fourth-order valence-electron chi connectivity index (χ4n) is 1.28. The molecule has 1 aromatic rings. The molecule has 0 radical (unpaired) electrons. The lowest BCUT2D eigenvalue weighted by Crippen LogP contribution is -2.21. The van der Waals surface area contributed by atoms with Gasteiger partial charge in [-0.05, 0) is 24.2 Å². The third kappa shape index (κ3) is 13.6. The van der Waals surface area contributed by atoms with Crippen molar-refractivity contribution in [3.05, 3.63) is 34.9 Å². The zero-order valence-corrected chi connectivity index (χ0v) is 14.3. The Morgan fingerprint density at radius 2 is 1.21 bits per heavy atom. The van der Waals surface area contributed by atoms with Gasteiger partial charge in [-0.1, -0.05) is 23.7 Å². The Kier molecular flexibility index (Phi) is 11.9. The zero-order valence-electron chi connectivity index (χ0n) is 13.6. The molecule has 0 bridgehead atoms. The first kappa shape index (κ1) is 27.7. The molecule has 1 atom stereocenters. The van der Waals surface area contributed by atoms with Gasteiger partial charge in [0.2, 0.25) is 0 Å². The van der Waals surface area contributed by atoms with Crippen LogP contribution in [0.3, 0.4) is 0 Å². The number of benzene rings is 1. The summed E-state index contributed by atoms with van der Waals surface area (Å²) in [6.45, 7) is 0.327. The average Bonchev–Trinajstić information content (AvgIpc) is 2.52. The molecule has 28 heavy (non-hydrogen) atoms. The van der Waals surface area contributed by atoms with Crippen molar-refractivity contribution in [2.45, 2.75) is 24.7 Å². The van der Waals surface area contributed by atoms with Crippen molar-refractivity contribution < 1.29 is 56.0 Å². The molecule has 0 aromatic heterocycles. The van der Waals surface area contributed by atoms with E-state index in [4.69, 9.17) is 42.2 Å². The van der Waals surface area contributed by atoms with E-state index >= 15 is 0 Å². The molecule has 0 saturated heterocycles. The highest BCUT2D eigenvalue weighted by molar-refractivity contribution is 6.30. The molecule has 0 spiro atoms. The fourth-order valence-corrected chi connectivity index (χ4v) is 1.41. The number of hydrogen-bond acceptors (Lipinski definition) is 4. The monoisotopic (exact) mass is 441 g/mol. The summed E-state index contributed by atoms with van der Waals surface area (Å²) in [5, 5.41) is 23.5. The second-order valence-corrected chi connectivity index (χ2v) is 5.12. The molecule has 1 rings (SSSR count). The van der Waals surface area contributed by atoms with E-state index in [0.717, 1.165) is 5.56 Å². The van der Waals surface area contributed by atoms with Crippen LogP contribution in [0.1, 0.15) is 17.9 Å². The van der Waals surface area contributed by atoms with Gasteiger partial charge in [-0.3, -0.25) is 4.79 Å². The summed E-state index contributed by atoms with van der Waals surface area (Å²) in [7, 11) is 0. The molecule has 7 nitrogen and oxygen atoms in total. The minimum absolute atomic E-state index is 0.0537. The van der Waals surface area contributed by atoms with E-state index in [1.807, 2.05) is 12.1 Å². The Morgan fingerprint density at radius 1 is 0.893 bits per heavy atom. The predicted molar refractivity (Wildman–Crippen MR) is 82.9 cm³/mol. The van der Waals surface area contributed by atoms with Crippen LogP contribution in [0.2, 0.25) is 5.02 Å². The summed E-state index contributed by atoms with van der Waals surface area (Å²) in [5.74, 6) is -6.49. The highest BCUT2D eigenvalue weighted by Crippen LogP contribution is 2.20. The normalized spacial score (nSPS) is 11.9. The number of carboxylic acid groups (broad SMARTS) is 3. The minimum atomic E-state index is -5.08. The van der Waals surface area contributed by atoms with E-state index < -0.39 is 30.3 Å². The first-order chi connectivity index (χ1) is 12.5. The molecule has 160 valence electrons. The Bertz CT molecular complexity index is 623. The maximum atomic E-state index is 10.6. The third-order valence-corrected chi connectivity index (χ3v) is 2.78. The summed E-state index contributed by atoms with van der Waals surface area (Å²) in [6.07, 6.45) is -10.1. The number of nitrogens with two attached hydrogens (primary N) is 1. The van der Waals surface area contributed by atoms with Crippen LogP contribution >= 0.6 is 11.6 Å². The highest BCUT2D eigenvalue weighted by atomic mass is 35.5. The Morgan fingerprint density at radius 3 is 1.43 bits per heavy atom. The lowest BCUT2D eigenvalue weighted by atomic mass is 9.96. The molecule has 0 aliphatic carbocycles. The third-order valence-electron chi connectivity index (χ3n) is 2.53. The molecular formula is C14H14ClF6NO6. The number of halogens is 7. The van der Waals surface area contributed by atoms with E-state index in [1.165, 1.54) is 0 Å². The van der Waals surface area contributed by atoms with Gasteiger partial charge >= 0.3 is 30.3 Å². The van der Waals surface area contributed by atoms with Crippen molar-refractivity contribution in [2.75, 3.05) is 6.54 Å². The van der Waals surface area contributed by atoms with Crippen LogP contribution in [0.4, 0.5) is 26.3 Å². The molecule has 0 amide bonds. The summed E-state index contributed by atoms with van der Waals surface area (Å²) >= 11 is 5.72. The second-order valence-electron chi connectivity index (χ2n) is 4.69. The van der Waals surface area contributed by atoms with Crippen LogP contribution in [0.15, 0.2) is 24.3 Å². The van der Waals surface area contributed by atoms with E-state index in [2.05, 4.69) is 0 Å². The molecular weight excluding hydrogens is 428 g/mol. The van der Waals surface area contributed by atoms with Crippen molar-refractivity contribution in [2.24, 2.45) is 5.73 Å². The summed E-state index contributed by atoms with van der Waals surface area (Å²) in [4.78, 5) is 28.3. The largest absolute Gasteiger partial charge is 0.490 e. The van der Waals surface area contributed by atoms with Crippen LogP contribution in [-0.4, -0.2) is 52.1 Å². The van der Waals surface area contributed by atoms with Gasteiger partial charge in [-0.15, -0.1) is 0 Å². The molecule has 14 heteroatoms. The molecule has 0 fully saturated rings. The van der Waals surface area contributed by atoms with Gasteiger partial charge in [0.1, 0.15) is 0 Å². The Hall–Kier alpha value is -2.54. The Labute approximate surface area is 158 Å². The predicted octanol–water partition coefficient (Wildman–Crippen LogP) is 3.12. The van der Waals surface area contributed by atoms with Crippen molar-refractivity contribution in [1.29, 1.82) is 0 Å². The van der Waals surface area contributed by atoms with Crippen LogP contribution in [0.5, 0.6) is 0 Å². The smallest absolute Gasteiger partial charge is 0.481 e. The van der Waals surface area contributed by atoms with Crippen LogP contribution in [0, 0.1) is 0 Å². The maximum absolute atomic E-state index is 10.6. The summed E-state index contributed by atoms with van der Waals surface area (Å²) in [6, 6.07) is 7.09. The molecule has 0 saturated carbocycles. The van der Waals surface area contributed by atoms with Gasteiger partial charge in [-0.2, -0.15) is 26.3 Å². The van der Waals surface area contributed by atoms with Crippen LogP contribution < -0.4 is 5.73 Å². The second kappa shape index (κ2) is 12.0. The van der Waals surface area contributed by atoms with E-state index in [0.29, 0.717) is 11.6 Å². The highest BCUT2D eigenvalue weighted by Gasteiger charge is 2.38. The van der Waals surface area contributed by atoms with Gasteiger partial charge in [0.25, 0.3) is 0 Å². The van der Waals surface area contributed by atoms with Gasteiger partial charge in [0.05, 0.1) is 6.42 Å². The molecule has 5 N–H and O–H groups in total. The first-order valence-electron chi connectivity index (χ1n) is 6.79. The SMILES string of the molecule is NC[C@H](CC(=O)O)c1ccc(Cl)cc1.O=C(O)C(F)(F)F.O=C(O)C(F)(F)F. The summed E-state index contributed by atoms with van der Waals surface area (Å²) in [5.41, 5.74) is 6.41. The number of aliphatic carboxylic acids is 3. The average molecular weight is 442 g/mol. The molecule has 0 aliphatic rings. The van der Waals surface area contributed by atoms with Crippen molar-refractivity contribution >= 4 is 29.5 Å². The molecule has 0 unspecified atom stereocenters. The van der Waals surface area contributed by atoms with Crippen molar-refractivity contribution in [1.82, 2.24) is 0 Å². The van der Waals surface area contributed by atoms with Crippen LogP contribution in [0.25, 0.3) is 0 Å². The van der Waals surface area contributed by atoms with E-state index in [9.17, 15) is 31.1 Å². The number of carbonyl (C=O) groups is 3. The molecule has 1 aromatic carbocycles. The van der Waals surface area contributed by atoms with Gasteiger partial charge < -0.3 is 21.1 Å². The van der Waals surface area contributed by atoms with E-state index in [1.54, 1.807) is 12.1 Å². The van der Waals surface area contributed by atoms with Gasteiger partial charge in [-0.25, -0.2) is 9.59 Å². The topological polar surface area (TPSA) is 138 Å². The van der Waals surface area contributed by atoms with Crippen LogP contribution in [-0.2, 0) is 14.4 Å². The first-order valence-corrected chi connectivity index (χ1v) is 7.17. The van der Waals surface area contributed by atoms with Gasteiger partial charge in [0.15, 0.2) is 0 Å². The molecule has 0 aliphatic heterocycles. The number of rotatable bonds is 4. The number of carboxylic acids is 3. The zero-order chi connectivity index (χ0) is 22.7. The standard InChI is InChI=1S/C10H12ClNO2.2C2HF3O2/c11-9-3-1-7(2-4-9)8(6-12)5-10(13)14;2*3-2(4,5)1(6)7/h1-4,8H,5-6,12H2,(H,13,14);2*(H,6,7)/t8-;;/m0../s1.